The Bertz CT molecular complexity index is 1300. The van der Waals surface area contributed by atoms with Crippen LogP contribution in [0.15, 0.2) is 75.4 Å². The van der Waals surface area contributed by atoms with Crippen molar-refractivity contribution in [2.75, 3.05) is 5.43 Å². The lowest BCUT2D eigenvalue weighted by Crippen LogP contribution is -2.39. The van der Waals surface area contributed by atoms with E-state index in [4.69, 9.17) is 0 Å². The second kappa shape index (κ2) is 7.59. The average Bonchev–Trinajstić information content (AvgIpc) is 3.08. The SMILES string of the molecule is Cn1c(N/N=C/c2ccccc2)nc2c1c(=O)n(Cc1ccccc1)c(=O)n2C. The molecule has 0 saturated heterocycles. The molecule has 0 aliphatic rings. The molecule has 8 heteroatoms. The Hall–Kier alpha value is -3.94. The molecule has 0 unspecified atom stereocenters. The van der Waals surface area contributed by atoms with Gasteiger partial charge in [-0.05, 0) is 11.1 Å². The molecule has 8 nitrogen and oxygen atoms in total. The average molecular weight is 388 g/mol. The third-order valence-corrected chi connectivity index (χ3v) is 4.72. The Morgan fingerprint density at radius 2 is 1.62 bits per heavy atom. The van der Waals surface area contributed by atoms with Crippen molar-refractivity contribution >= 4 is 23.3 Å². The van der Waals surface area contributed by atoms with Crippen LogP contribution in [0.3, 0.4) is 0 Å². The van der Waals surface area contributed by atoms with Crippen LogP contribution < -0.4 is 16.7 Å². The molecule has 0 saturated carbocycles. The van der Waals surface area contributed by atoms with Crippen molar-refractivity contribution in [3.63, 3.8) is 0 Å². The van der Waals surface area contributed by atoms with Crippen molar-refractivity contribution in [3.8, 4) is 0 Å². The van der Waals surface area contributed by atoms with Gasteiger partial charge in [0, 0.05) is 14.1 Å². The summed E-state index contributed by atoms with van der Waals surface area (Å²) < 4.78 is 4.21. The number of nitrogens with zero attached hydrogens (tertiary/aromatic N) is 5. The quantitative estimate of drug-likeness (QED) is 0.418. The Kier molecular flexibility index (Phi) is 4.82. The van der Waals surface area contributed by atoms with Crippen LogP contribution in [0.25, 0.3) is 11.2 Å². The Balaban J connectivity index is 1.74. The van der Waals surface area contributed by atoms with E-state index >= 15 is 0 Å². The summed E-state index contributed by atoms with van der Waals surface area (Å²) in [5, 5.41) is 4.19. The summed E-state index contributed by atoms with van der Waals surface area (Å²) in [6, 6.07) is 19.0. The number of imidazole rings is 1. The maximum atomic E-state index is 13.1. The highest BCUT2D eigenvalue weighted by molar-refractivity contribution is 5.80. The highest BCUT2D eigenvalue weighted by atomic mass is 16.2. The van der Waals surface area contributed by atoms with Crippen molar-refractivity contribution < 1.29 is 0 Å². The molecule has 0 radical (unpaired) electrons. The molecule has 4 aromatic rings. The summed E-state index contributed by atoms with van der Waals surface area (Å²) in [5.74, 6) is 0.372. The zero-order chi connectivity index (χ0) is 20.4. The lowest BCUT2D eigenvalue weighted by Gasteiger charge is -2.08. The molecule has 0 fully saturated rings. The summed E-state index contributed by atoms with van der Waals surface area (Å²) in [7, 11) is 3.32. The second-order valence-corrected chi connectivity index (χ2v) is 6.67. The zero-order valence-corrected chi connectivity index (χ0v) is 16.1. The van der Waals surface area contributed by atoms with Gasteiger partial charge in [-0.3, -0.25) is 13.9 Å². The zero-order valence-electron chi connectivity index (χ0n) is 16.1. The fourth-order valence-corrected chi connectivity index (χ4v) is 3.15. The summed E-state index contributed by atoms with van der Waals surface area (Å²) in [4.78, 5) is 30.2. The molecule has 2 aromatic carbocycles. The summed E-state index contributed by atoms with van der Waals surface area (Å²) >= 11 is 0. The van der Waals surface area contributed by atoms with Crippen molar-refractivity contribution in [2.45, 2.75) is 6.54 Å². The van der Waals surface area contributed by atoms with E-state index in [9.17, 15) is 9.59 Å². The molecule has 2 aromatic heterocycles. The first-order valence-electron chi connectivity index (χ1n) is 9.10. The number of rotatable bonds is 5. The largest absolute Gasteiger partial charge is 0.332 e. The summed E-state index contributed by atoms with van der Waals surface area (Å²) in [6.07, 6.45) is 1.66. The highest BCUT2D eigenvalue weighted by Crippen LogP contribution is 2.13. The number of hydrazone groups is 1. The second-order valence-electron chi connectivity index (χ2n) is 6.67. The van der Waals surface area contributed by atoms with Crippen molar-refractivity contribution in [3.05, 3.63) is 92.6 Å². The van der Waals surface area contributed by atoms with Gasteiger partial charge in [-0.15, -0.1) is 0 Å². The fraction of sp³-hybridized carbons (Fsp3) is 0.143. The summed E-state index contributed by atoms with van der Waals surface area (Å²) in [6.45, 7) is 0.197. The molecule has 0 spiro atoms. The highest BCUT2D eigenvalue weighted by Gasteiger charge is 2.18. The van der Waals surface area contributed by atoms with Gasteiger partial charge in [-0.25, -0.2) is 10.2 Å². The van der Waals surface area contributed by atoms with Gasteiger partial charge >= 0.3 is 5.69 Å². The molecule has 0 atom stereocenters. The van der Waals surface area contributed by atoms with Crippen molar-refractivity contribution in [1.82, 2.24) is 18.7 Å². The molecule has 0 aliphatic carbocycles. The number of fused-ring (bicyclic) bond motifs is 1. The van der Waals surface area contributed by atoms with Gasteiger partial charge in [0.1, 0.15) is 0 Å². The van der Waals surface area contributed by atoms with Crippen LogP contribution in [0.2, 0.25) is 0 Å². The number of anilines is 1. The lowest BCUT2D eigenvalue weighted by atomic mass is 10.2. The van der Waals surface area contributed by atoms with E-state index in [0.29, 0.717) is 17.1 Å². The molecule has 4 rings (SSSR count). The van der Waals surface area contributed by atoms with Crippen LogP contribution >= 0.6 is 0 Å². The van der Waals surface area contributed by atoms with Crippen molar-refractivity contribution in [1.29, 1.82) is 0 Å². The van der Waals surface area contributed by atoms with E-state index in [2.05, 4.69) is 15.5 Å². The predicted molar refractivity (Wildman–Crippen MR) is 113 cm³/mol. The normalized spacial score (nSPS) is 11.4. The minimum atomic E-state index is -0.413. The predicted octanol–water partition coefficient (Wildman–Crippen LogP) is 1.93. The van der Waals surface area contributed by atoms with Crippen LogP contribution in [0.1, 0.15) is 11.1 Å². The van der Waals surface area contributed by atoms with Gasteiger partial charge in [0.2, 0.25) is 5.95 Å². The van der Waals surface area contributed by atoms with Crippen LogP contribution in [-0.4, -0.2) is 24.9 Å². The monoisotopic (exact) mass is 388 g/mol. The first-order chi connectivity index (χ1) is 14.1. The van der Waals surface area contributed by atoms with Gasteiger partial charge in [-0.1, -0.05) is 60.7 Å². The first-order valence-corrected chi connectivity index (χ1v) is 9.10. The minimum absolute atomic E-state index is 0.197. The van der Waals surface area contributed by atoms with E-state index in [1.54, 1.807) is 24.9 Å². The van der Waals surface area contributed by atoms with Gasteiger partial charge in [-0.2, -0.15) is 10.1 Å². The third-order valence-electron chi connectivity index (χ3n) is 4.72. The lowest BCUT2D eigenvalue weighted by molar-refractivity contribution is 0.655. The number of hydrogen-bond acceptors (Lipinski definition) is 5. The molecule has 146 valence electrons. The van der Waals surface area contributed by atoms with Crippen LogP contribution in [-0.2, 0) is 20.6 Å². The molecule has 29 heavy (non-hydrogen) atoms. The van der Waals surface area contributed by atoms with E-state index in [0.717, 1.165) is 11.1 Å². The molecular weight excluding hydrogens is 368 g/mol. The van der Waals surface area contributed by atoms with Gasteiger partial charge in [0.25, 0.3) is 5.56 Å². The maximum Gasteiger partial charge on any atom is 0.332 e. The molecular formula is C21H20N6O2. The Morgan fingerprint density at radius 3 is 2.31 bits per heavy atom. The van der Waals surface area contributed by atoms with Crippen LogP contribution in [0.4, 0.5) is 5.95 Å². The third kappa shape index (κ3) is 3.47. The van der Waals surface area contributed by atoms with Gasteiger partial charge < -0.3 is 4.57 Å². The number of aromatic nitrogens is 4. The minimum Gasteiger partial charge on any atom is -0.306 e. The number of aryl methyl sites for hydroxylation is 2. The fourth-order valence-electron chi connectivity index (χ4n) is 3.15. The number of benzene rings is 2. The van der Waals surface area contributed by atoms with Crippen molar-refractivity contribution in [2.24, 2.45) is 19.2 Å². The maximum absolute atomic E-state index is 13.1. The standard InChI is InChI=1S/C21H20N6O2/c1-25-17-18(23-20(25)24-22-13-15-9-5-3-6-10-15)26(2)21(29)27(19(17)28)14-16-11-7-4-8-12-16/h3-13H,14H2,1-2H3,(H,23,24)/b22-13+. The number of nitrogens with one attached hydrogen (secondary N) is 1. The van der Waals surface area contributed by atoms with E-state index in [-0.39, 0.29) is 12.1 Å². The van der Waals surface area contributed by atoms with Gasteiger partial charge in [0.15, 0.2) is 11.2 Å². The molecule has 1 N–H and O–H groups in total. The van der Waals surface area contributed by atoms with Crippen LogP contribution in [0.5, 0.6) is 0 Å². The Labute approximate surface area is 166 Å². The molecule has 0 aliphatic heterocycles. The van der Waals surface area contributed by atoms with Gasteiger partial charge in [0.05, 0.1) is 12.8 Å². The topological polar surface area (TPSA) is 86.2 Å². The Morgan fingerprint density at radius 1 is 0.966 bits per heavy atom. The van der Waals surface area contributed by atoms with E-state index in [1.165, 1.54) is 9.13 Å². The van der Waals surface area contributed by atoms with E-state index < -0.39 is 5.69 Å². The van der Waals surface area contributed by atoms with Crippen LogP contribution in [0, 0.1) is 0 Å². The molecule has 0 amide bonds. The van der Waals surface area contributed by atoms with E-state index in [1.807, 2.05) is 60.7 Å². The summed E-state index contributed by atoms with van der Waals surface area (Å²) in [5.41, 5.74) is 4.50. The smallest absolute Gasteiger partial charge is 0.306 e. The molecule has 2 heterocycles. The molecule has 0 bridgehead atoms. The first kappa shape index (κ1) is 18.4. The number of hydrogen-bond donors (Lipinski definition) is 1.